The molecule has 0 spiro atoms. The van der Waals surface area contributed by atoms with Crippen LogP contribution in [0.1, 0.15) is 33.2 Å². The van der Waals surface area contributed by atoms with E-state index in [1.807, 2.05) is 43.3 Å². The van der Waals surface area contributed by atoms with E-state index in [9.17, 15) is 9.59 Å². The summed E-state index contributed by atoms with van der Waals surface area (Å²) in [4.78, 5) is 25.1. The normalized spacial score (nSPS) is 10.8. The Kier molecular flexibility index (Phi) is 7.37. The molecule has 7 nitrogen and oxygen atoms in total. The molecular weight excluding hydrogens is 444 g/mol. The van der Waals surface area contributed by atoms with Crippen LogP contribution in [0.3, 0.4) is 0 Å². The summed E-state index contributed by atoms with van der Waals surface area (Å²) in [6, 6.07) is 24.9. The summed E-state index contributed by atoms with van der Waals surface area (Å²) in [6.07, 6.45) is 1.49. The third kappa shape index (κ3) is 5.65. The number of esters is 1. The van der Waals surface area contributed by atoms with Gasteiger partial charge in [-0.25, -0.2) is 10.2 Å². The number of carbonyl (C=O) groups excluding carboxylic acids is 2. The molecule has 1 amide bonds. The van der Waals surface area contributed by atoms with Crippen molar-refractivity contribution >= 4 is 28.9 Å². The SMILES string of the molecule is CCOc1ccc(C(=O)Oc2ccc(C=NNC(=O)c3cccc4ccccc34)cc2OC)cc1. The maximum Gasteiger partial charge on any atom is 0.343 e. The molecule has 7 heteroatoms. The maximum absolute atomic E-state index is 12.6. The summed E-state index contributed by atoms with van der Waals surface area (Å²) in [6.45, 7) is 2.44. The number of hydrogen-bond donors (Lipinski definition) is 1. The number of benzene rings is 4. The molecule has 4 rings (SSSR count). The largest absolute Gasteiger partial charge is 0.494 e. The van der Waals surface area contributed by atoms with Gasteiger partial charge in [0.1, 0.15) is 5.75 Å². The quantitative estimate of drug-likeness (QED) is 0.166. The molecule has 0 bridgehead atoms. The first-order valence-electron chi connectivity index (χ1n) is 11.0. The van der Waals surface area contributed by atoms with Gasteiger partial charge in [-0.05, 0) is 71.8 Å². The second kappa shape index (κ2) is 11.0. The van der Waals surface area contributed by atoms with Crippen LogP contribution in [0.15, 0.2) is 90.0 Å². The molecule has 35 heavy (non-hydrogen) atoms. The maximum atomic E-state index is 12.6. The van der Waals surface area contributed by atoms with Crippen LogP contribution in [0.4, 0.5) is 0 Å². The van der Waals surface area contributed by atoms with E-state index in [1.165, 1.54) is 13.3 Å². The zero-order valence-corrected chi connectivity index (χ0v) is 19.4. The molecule has 4 aromatic rings. The topological polar surface area (TPSA) is 86.2 Å². The minimum atomic E-state index is -0.518. The monoisotopic (exact) mass is 468 g/mol. The van der Waals surface area contributed by atoms with Gasteiger partial charge in [0, 0.05) is 5.56 Å². The summed E-state index contributed by atoms with van der Waals surface area (Å²) in [5.41, 5.74) is 4.13. The highest BCUT2D eigenvalue weighted by Gasteiger charge is 2.13. The van der Waals surface area contributed by atoms with E-state index in [4.69, 9.17) is 14.2 Å². The van der Waals surface area contributed by atoms with E-state index in [0.717, 1.165) is 10.8 Å². The van der Waals surface area contributed by atoms with Crippen LogP contribution in [0, 0.1) is 0 Å². The Morgan fingerprint density at radius 2 is 1.69 bits per heavy atom. The highest BCUT2D eigenvalue weighted by molar-refractivity contribution is 6.07. The molecule has 0 aromatic heterocycles. The number of hydrazone groups is 1. The van der Waals surface area contributed by atoms with E-state index >= 15 is 0 Å². The fraction of sp³-hybridized carbons (Fsp3) is 0.107. The van der Waals surface area contributed by atoms with Crippen molar-refractivity contribution in [3.63, 3.8) is 0 Å². The van der Waals surface area contributed by atoms with Crippen LogP contribution >= 0.6 is 0 Å². The lowest BCUT2D eigenvalue weighted by atomic mass is 10.0. The molecule has 0 fully saturated rings. The third-order valence-electron chi connectivity index (χ3n) is 5.21. The number of fused-ring (bicyclic) bond motifs is 1. The van der Waals surface area contributed by atoms with E-state index in [1.54, 1.807) is 48.5 Å². The summed E-state index contributed by atoms with van der Waals surface area (Å²) < 4.78 is 16.3. The fourth-order valence-corrected chi connectivity index (χ4v) is 3.51. The predicted molar refractivity (Wildman–Crippen MR) is 135 cm³/mol. The smallest absolute Gasteiger partial charge is 0.343 e. The van der Waals surface area contributed by atoms with Crippen molar-refractivity contribution in [1.82, 2.24) is 5.43 Å². The molecule has 0 aliphatic carbocycles. The van der Waals surface area contributed by atoms with Gasteiger partial charge in [0.15, 0.2) is 11.5 Å². The lowest BCUT2D eigenvalue weighted by Crippen LogP contribution is -2.17. The summed E-state index contributed by atoms with van der Waals surface area (Å²) in [5, 5.41) is 5.89. The van der Waals surface area contributed by atoms with Crippen molar-refractivity contribution in [1.29, 1.82) is 0 Å². The Bertz CT molecular complexity index is 1370. The van der Waals surface area contributed by atoms with Gasteiger partial charge in [-0.2, -0.15) is 5.10 Å². The van der Waals surface area contributed by atoms with Gasteiger partial charge in [0.2, 0.25) is 0 Å². The summed E-state index contributed by atoms with van der Waals surface area (Å²) in [7, 11) is 1.48. The standard InChI is InChI=1S/C28H24N2O5/c1-3-34-22-14-12-21(13-15-22)28(32)35-25-16-11-19(17-26(25)33-2)18-29-30-27(31)24-10-6-8-20-7-4-5-9-23(20)24/h4-18H,3H2,1-2H3,(H,30,31). The average molecular weight is 469 g/mol. The van der Waals surface area contributed by atoms with Crippen molar-refractivity contribution in [3.05, 3.63) is 102 Å². The second-order valence-corrected chi connectivity index (χ2v) is 7.48. The Morgan fingerprint density at radius 3 is 2.46 bits per heavy atom. The van der Waals surface area contributed by atoms with Crippen molar-refractivity contribution in [2.75, 3.05) is 13.7 Å². The van der Waals surface area contributed by atoms with Crippen LogP contribution in [-0.2, 0) is 0 Å². The molecule has 0 aliphatic heterocycles. The number of carbonyl (C=O) groups is 2. The van der Waals surface area contributed by atoms with Gasteiger partial charge in [-0.1, -0.05) is 36.4 Å². The first-order chi connectivity index (χ1) is 17.1. The van der Waals surface area contributed by atoms with Crippen LogP contribution < -0.4 is 19.6 Å². The number of rotatable bonds is 8. The molecule has 176 valence electrons. The fourth-order valence-electron chi connectivity index (χ4n) is 3.51. The molecule has 1 N–H and O–H groups in total. The molecule has 0 aliphatic rings. The van der Waals surface area contributed by atoms with Crippen molar-refractivity contribution < 1.29 is 23.8 Å². The Hall–Kier alpha value is -4.65. The molecule has 0 radical (unpaired) electrons. The lowest BCUT2D eigenvalue weighted by molar-refractivity contribution is 0.0729. The predicted octanol–water partition coefficient (Wildman–Crippen LogP) is 5.23. The van der Waals surface area contributed by atoms with Crippen LogP contribution in [0.25, 0.3) is 10.8 Å². The zero-order valence-electron chi connectivity index (χ0n) is 19.4. The number of ether oxygens (including phenoxy) is 3. The Morgan fingerprint density at radius 1 is 0.914 bits per heavy atom. The van der Waals surface area contributed by atoms with E-state index in [0.29, 0.717) is 34.8 Å². The van der Waals surface area contributed by atoms with Crippen molar-refractivity contribution in [2.24, 2.45) is 5.10 Å². The Balaban J connectivity index is 1.43. The number of nitrogens with zero attached hydrogens (tertiary/aromatic N) is 1. The number of amides is 1. The van der Waals surface area contributed by atoms with E-state index in [-0.39, 0.29) is 11.7 Å². The minimum absolute atomic E-state index is 0.267. The number of nitrogens with one attached hydrogen (secondary N) is 1. The van der Waals surface area contributed by atoms with Crippen molar-refractivity contribution in [3.8, 4) is 17.2 Å². The van der Waals surface area contributed by atoms with Gasteiger partial charge >= 0.3 is 5.97 Å². The molecule has 0 unspecified atom stereocenters. The molecule has 0 saturated carbocycles. The molecule has 0 saturated heterocycles. The van der Waals surface area contributed by atoms with E-state index in [2.05, 4.69) is 10.5 Å². The molecule has 0 atom stereocenters. The summed E-state index contributed by atoms with van der Waals surface area (Å²) >= 11 is 0. The van der Waals surface area contributed by atoms with Crippen LogP contribution in [-0.4, -0.2) is 31.8 Å². The highest BCUT2D eigenvalue weighted by Crippen LogP contribution is 2.28. The second-order valence-electron chi connectivity index (χ2n) is 7.48. The van der Waals surface area contributed by atoms with Crippen LogP contribution in [0.2, 0.25) is 0 Å². The van der Waals surface area contributed by atoms with Crippen molar-refractivity contribution in [2.45, 2.75) is 6.92 Å². The first kappa shape index (κ1) is 23.5. The minimum Gasteiger partial charge on any atom is -0.494 e. The van der Waals surface area contributed by atoms with Gasteiger partial charge in [-0.3, -0.25) is 4.79 Å². The first-order valence-corrected chi connectivity index (χ1v) is 11.0. The van der Waals surface area contributed by atoms with E-state index < -0.39 is 5.97 Å². The van der Waals surface area contributed by atoms with Gasteiger partial charge < -0.3 is 14.2 Å². The Labute approximate surface area is 202 Å². The lowest BCUT2D eigenvalue weighted by Gasteiger charge is -2.10. The van der Waals surface area contributed by atoms with Crippen LogP contribution in [0.5, 0.6) is 17.2 Å². The third-order valence-corrected chi connectivity index (χ3v) is 5.21. The molecular formula is C28H24N2O5. The van der Waals surface area contributed by atoms with Gasteiger partial charge in [-0.15, -0.1) is 0 Å². The number of methoxy groups -OCH3 is 1. The average Bonchev–Trinajstić information content (AvgIpc) is 2.89. The zero-order chi connectivity index (χ0) is 24.6. The number of hydrogen-bond acceptors (Lipinski definition) is 6. The molecule has 0 heterocycles. The highest BCUT2D eigenvalue weighted by atomic mass is 16.6. The summed E-state index contributed by atoms with van der Waals surface area (Å²) in [5.74, 6) is 0.468. The molecule has 4 aromatic carbocycles. The van der Waals surface area contributed by atoms with Gasteiger partial charge in [0.25, 0.3) is 5.91 Å². The van der Waals surface area contributed by atoms with Gasteiger partial charge in [0.05, 0.1) is 25.5 Å².